The number of anilines is 1. The largest absolute Gasteiger partial charge is 0.382 e. The monoisotopic (exact) mass is 272 g/mol. The fourth-order valence-electron chi connectivity index (χ4n) is 1.36. The second-order valence-corrected chi connectivity index (χ2v) is 5.06. The first-order valence-corrected chi connectivity index (χ1v) is 5.64. The number of pyridine rings is 1. The molecular weight excluding hydrogens is 256 g/mol. The number of nitrogens with zero attached hydrogens (tertiary/aromatic N) is 1. The molecule has 0 fully saturated rings. The van der Waals surface area contributed by atoms with Crippen LogP contribution in [0.25, 0.3) is 0 Å². The summed E-state index contributed by atoms with van der Waals surface area (Å²) >= 11 is 3.42. The number of halogens is 1. The van der Waals surface area contributed by atoms with Crippen LogP contribution in [0.4, 0.5) is 5.82 Å². The van der Waals surface area contributed by atoms with Crippen LogP contribution in [-0.2, 0) is 4.74 Å². The van der Waals surface area contributed by atoms with Crippen LogP contribution in [-0.4, -0.2) is 24.2 Å². The summed E-state index contributed by atoms with van der Waals surface area (Å²) in [7, 11) is 1.70. The molecule has 1 N–H and O–H groups in total. The van der Waals surface area contributed by atoms with Crippen LogP contribution in [0.15, 0.2) is 16.6 Å². The summed E-state index contributed by atoms with van der Waals surface area (Å²) in [5, 5.41) is 3.33. The maximum absolute atomic E-state index is 5.13. The van der Waals surface area contributed by atoms with Crippen molar-refractivity contribution >= 4 is 21.7 Å². The standard InChI is InChI=1S/C11H17BrN2O/c1-8-9(12)5-6-10(13-8)14-11(2,3)7-15-4/h5-6H,7H2,1-4H3,(H,13,14). The van der Waals surface area contributed by atoms with Crippen LogP contribution >= 0.6 is 15.9 Å². The Bertz CT molecular complexity index is 339. The van der Waals surface area contributed by atoms with E-state index in [4.69, 9.17) is 4.74 Å². The van der Waals surface area contributed by atoms with E-state index in [1.807, 2.05) is 19.1 Å². The molecule has 0 aliphatic heterocycles. The fraction of sp³-hybridized carbons (Fsp3) is 0.545. The maximum Gasteiger partial charge on any atom is 0.126 e. The zero-order valence-corrected chi connectivity index (χ0v) is 11.2. The van der Waals surface area contributed by atoms with Crippen molar-refractivity contribution in [2.24, 2.45) is 0 Å². The molecule has 1 heterocycles. The number of methoxy groups -OCH3 is 1. The Labute approximate surface area is 99.4 Å². The molecular formula is C11H17BrN2O. The van der Waals surface area contributed by atoms with Gasteiger partial charge in [0.2, 0.25) is 0 Å². The highest BCUT2D eigenvalue weighted by Crippen LogP contribution is 2.19. The third-order valence-electron chi connectivity index (χ3n) is 1.99. The number of ether oxygens (including phenoxy) is 1. The molecule has 0 aromatic carbocycles. The summed E-state index contributed by atoms with van der Waals surface area (Å²) in [4.78, 5) is 4.43. The van der Waals surface area contributed by atoms with E-state index < -0.39 is 0 Å². The van der Waals surface area contributed by atoms with E-state index in [-0.39, 0.29) is 5.54 Å². The van der Waals surface area contributed by atoms with Gasteiger partial charge in [-0.1, -0.05) is 0 Å². The predicted molar refractivity (Wildman–Crippen MR) is 66.3 cm³/mol. The first kappa shape index (κ1) is 12.5. The molecule has 4 heteroatoms. The summed E-state index contributed by atoms with van der Waals surface area (Å²) in [5.41, 5.74) is 0.871. The van der Waals surface area contributed by atoms with Gasteiger partial charge in [-0.05, 0) is 48.8 Å². The highest BCUT2D eigenvalue weighted by Gasteiger charge is 2.17. The molecule has 0 radical (unpaired) electrons. The van der Waals surface area contributed by atoms with E-state index in [1.165, 1.54) is 0 Å². The summed E-state index contributed by atoms with van der Waals surface area (Å²) < 4.78 is 6.16. The van der Waals surface area contributed by atoms with Crippen molar-refractivity contribution in [3.8, 4) is 0 Å². The molecule has 1 aromatic heterocycles. The van der Waals surface area contributed by atoms with Crippen molar-refractivity contribution in [2.45, 2.75) is 26.3 Å². The summed E-state index contributed by atoms with van der Waals surface area (Å²) in [6.45, 7) is 6.77. The maximum atomic E-state index is 5.13. The minimum absolute atomic E-state index is 0.109. The van der Waals surface area contributed by atoms with Crippen molar-refractivity contribution < 1.29 is 4.74 Å². The smallest absolute Gasteiger partial charge is 0.126 e. The fourth-order valence-corrected chi connectivity index (χ4v) is 1.58. The zero-order valence-electron chi connectivity index (χ0n) is 9.60. The number of aromatic nitrogens is 1. The number of nitrogens with one attached hydrogen (secondary N) is 1. The molecule has 0 saturated carbocycles. The molecule has 0 atom stereocenters. The van der Waals surface area contributed by atoms with Gasteiger partial charge in [-0.15, -0.1) is 0 Å². The van der Waals surface area contributed by atoms with Gasteiger partial charge in [0.25, 0.3) is 0 Å². The SMILES string of the molecule is COCC(C)(C)Nc1ccc(Br)c(C)n1. The van der Waals surface area contributed by atoms with Crippen molar-refractivity contribution in [3.63, 3.8) is 0 Å². The van der Waals surface area contributed by atoms with Crippen molar-refractivity contribution in [1.29, 1.82) is 0 Å². The van der Waals surface area contributed by atoms with Crippen LogP contribution < -0.4 is 5.32 Å². The van der Waals surface area contributed by atoms with Gasteiger partial charge in [0, 0.05) is 11.6 Å². The first-order valence-electron chi connectivity index (χ1n) is 4.85. The predicted octanol–water partition coefficient (Wildman–Crippen LogP) is 2.99. The molecule has 3 nitrogen and oxygen atoms in total. The van der Waals surface area contributed by atoms with Gasteiger partial charge < -0.3 is 10.1 Å². The van der Waals surface area contributed by atoms with Gasteiger partial charge in [-0.25, -0.2) is 4.98 Å². The normalized spacial score (nSPS) is 11.5. The third kappa shape index (κ3) is 3.80. The van der Waals surface area contributed by atoms with Crippen molar-refractivity contribution in [3.05, 3.63) is 22.3 Å². The van der Waals surface area contributed by atoms with Crippen LogP contribution in [0.3, 0.4) is 0 Å². The second kappa shape index (κ2) is 4.94. The van der Waals surface area contributed by atoms with Crippen molar-refractivity contribution in [2.75, 3.05) is 19.0 Å². The lowest BCUT2D eigenvalue weighted by atomic mass is 10.1. The molecule has 0 amide bonds. The van der Waals surface area contributed by atoms with E-state index >= 15 is 0 Å². The first-order chi connectivity index (χ1) is 6.94. The molecule has 0 spiro atoms. The van der Waals surface area contributed by atoms with E-state index in [9.17, 15) is 0 Å². The summed E-state index contributed by atoms with van der Waals surface area (Å²) in [6.07, 6.45) is 0. The summed E-state index contributed by atoms with van der Waals surface area (Å²) in [6, 6.07) is 3.95. The van der Waals surface area contributed by atoms with E-state index in [0.29, 0.717) is 6.61 Å². The van der Waals surface area contributed by atoms with E-state index in [2.05, 4.69) is 40.1 Å². The van der Waals surface area contributed by atoms with Gasteiger partial charge in [-0.2, -0.15) is 0 Å². The molecule has 0 bridgehead atoms. The van der Waals surface area contributed by atoms with Crippen LogP contribution in [0.5, 0.6) is 0 Å². The number of rotatable bonds is 4. The van der Waals surface area contributed by atoms with Gasteiger partial charge in [0.05, 0.1) is 17.8 Å². The number of hydrogen-bond donors (Lipinski definition) is 1. The third-order valence-corrected chi connectivity index (χ3v) is 2.83. The summed E-state index contributed by atoms with van der Waals surface area (Å²) in [5.74, 6) is 0.873. The molecule has 1 rings (SSSR count). The molecule has 0 aliphatic rings. The Kier molecular flexibility index (Phi) is 4.11. The molecule has 0 unspecified atom stereocenters. The van der Waals surface area contributed by atoms with E-state index in [1.54, 1.807) is 7.11 Å². The Morgan fingerprint density at radius 3 is 2.67 bits per heavy atom. The topological polar surface area (TPSA) is 34.1 Å². The minimum atomic E-state index is -0.109. The zero-order chi connectivity index (χ0) is 11.5. The Morgan fingerprint density at radius 1 is 1.47 bits per heavy atom. The molecule has 0 saturated heterocycles. The molecule has 84 valence electrons. The van der Waals surface area contributed by atoms with Gasteiger partial charge >= 0.3 is 0 Å². The average molecular weight is 273 g/mol. The lowest BCUT2D eigenvalue weighted by molar-refractivity contribution is 0.158. The highest BCUT2D eigenvalue weighted by atomic mass is 79.9. The minimum Gasteiger partial charge on any atom is -0.382 e. The average Bonchev–Trinajstić information content (AvgIpc) is 2.10. The van der Waals surface area contributed by atoms with Gasteiger partial charge in [0.1, 0.15) is 5.82 Å². The lowest BCUT2D eigenvalue weighted by Crippen LogP contribution is -2.36. The number of aryl methyl sites for hydroxylation is 1. The molecule has 1 aromatic rings. The highest BCUT2D eigenvalue weighted by molar-refractivity contribution is 9.10. The van der Waals surface area contributed by atoms with E-state index in [0.717, 1.165) is 16.0 Å². The second-order valence-electron chi connectivity index (χ2n) is 4.21. The van der Waals surface area contributed by atoms with Gasteiger partial charge in [-0.3, -0.25) is 0 Å². The van der Waals surface area contributed by atoms with Crippen LogP contribution in [0.2, 0.25) is 0 Å². The Hall–Kier alpha value is -0.610. The van der Waals surface area contributed by atoms with Crippen LogP contribution in [0.1, 0.15) is 19.5 Å². The lowest BCUT2D eigenvalue weighted by Gasteiger charge is -2.26. The Morgan fingerprint density at radius 2 is 2.13 bits per heavy atom. The van der Waals surface area contributed by atoms with Gasteiger partial charge in [0.15, 0.2) is 0 Å². The van der Waals surface area contributed by atoms with Crippen molar-refractivity contribution in [1.82, 2.24) is 4.98 Å². The molecule has 0 aliphatic carbocycles. The number of hydrogen-bond acceptors (Lipinski definition) is 3. The molecule has 15 heavy (non-hydrogen) atoms. The van der Waals surface area contributed by atoms with Crippen LogP contribution in [0, 0.1) is 6.92 Å². The quantitative estimate of drug-likeness (QED) is 0.915. The Balaban J connectivity index is 2.76.